The second kappa shape index (κ2) is 5.66. The number of hydrogen-bond donors (Lipinski definition) is 1. The molecular weight excluding hydrogens is 316 g/mol. The van der Waals surface area contributed by atoms with Gasteiger partial charge in [0.25, 0.3) is 11.6 Å². The van der Waals surface area contributed by atoms with Crippen molar-refractivity contribution in [3.05, 3.63) is 38.3 Å². The highest BCUT2D eigenvalue weighted by molar-refractivity contribution is 9.10. The summed E-state index contributed by atoms with van der Waals surface area (Å²) >= 11 is 3.08. The van der Waals surface area contributed by atoms with Crippen LogP contribution in [0.2, 0.25) is 0 Å². The predicted molar refractivity (Wildman–Crippen MR) is 71.9 cm³/mol. The van der Waals surface area contributed by atoms with Gasteiger partial charge in [-0.25, -0.2) is 0 Å². The van der Waals surface area contributed by atoms with Crippen LogP contribution in [0.25, 0.3) is 0 Å². The molecule has 1 heterocycles. The summed E-state index contributed by atoms with van der Waals surface area (Å²) in [6, 6.07) is 4.34. The van der Waals surface area contributed by atoms with E-state index in [0.29, 0.717) is 36.0 Å². The SMILES string of the molecule is O=C(c1ccc(Br)c([N+](=O)[O-])c1)N1CCC(O)CC1. The third kappa shape index (κ3) is 3.10. The van der Waals surface area contributed by atoms with Crippen LogP contribution in [-0.2, 0) is 0 Å². The fraction of sp³-hybridized carbons (Fsp3) is 0.417. The molecule has 19 heavy (non-hydrogen) atoms. The largest absolute Gasteiger partial charge is 0.393 e. The Morgan fingerprint density at radius 3 is 2.63 bits per heavy atom. The van der Waals surface area contributed by atoms with Gasteiger partial charge in [0.15, 0.2) is 0 Å². The maximum absolute atomic E-state index is 12.2. The molecule has 0 radical (unpaired) electrons. The number of amides is 1. The lowest BCUT2D eigenvalue weighted by Crippen LogP contribution is -2.40. The van der Waals surface area contributed by atoms with Gasteiger partial charge in [0.05, 0.1) is 15.5 Å². The first-order valence-corrected chi connectivity index (χ1v) is 6.69. The van der Waals surface area contributed by atoms with E-state index in [1.807, 2.05) is 0 Å². The monoisotopic (exact) mass is 328 g/mol. The van der Waals surface area contributed by atoms with Gasteiger partial charge in [0, 0.05) is 24.7 Å². The smallest absolute Gasteiger partial charge is 0.284 e. The summed E-state index contributed by atoms with van der Waals surface area (Å²) in [5, 5.41) is 20.2. The molecule has 0 unspecified atom stereocenters. The van der Waals surface area contributed by atoms with Gasteiger partial charge < -0.3 is 10.0 Å². The van der Waals surface area contributed by atoms with Crippen molar-refractivity contribution in [2.24, 2.45) is 0 Å². The number of halogens is 1. The second-order valence-corrected chi connectivity index (χ2v) is 5.30. The molecule has 1 N–H and O–H groups in total. The van der Waals surface area contributed by atoms with Crippen molar-refractivity contribution in [3.8, 4) is 0 Å². The van der Waals surface area contributed by atoms with Gasteiger partial charge in [-0.3, -0.25) is 14.9 Å². The van der Waals surface area contributed by atoms with Gasteiger partial charge in [-0.15, -0.1) is 0 Å². The summed E-state index contributed by atoms with van der Waals surface area (Å²) in [6.45, 7) is 0.952. The number of carbonyl (C=O) groups excluding carboxylic acids is 1. The molecule has 0 aromatic heterocycles. The zero-order valence-electron chi connectivity index (χ0n) is 10.1. The molecule has 102 valence electrons. The minimum atomic E-state index is -0.527. The molecule has 1 fully saturated rings. The molecule has 1 aromatic rings. The molecule has 1 aliphatic rings. The van der Waals surface area contributed by atoms with E-state index < -0.39 is 4.92 Å². The lowest BCUT2D eigenvalue weighted by atomic mass is 10.1. The van der Waals surface area contributed by atoms with Crippen molar-refractivity contribution in [1.82, 2.24) is 4.90 Å². The second-order valence-electron chi connectivity index (χ2n) is 4.45. The van der Waals surface area contributed by atoms with Gasteiger partial charge in [0.2, 0.25) is 0 Å². The van der Waals surface area contributed by atoms with Gasteiger partial charge in [-0.05, 0) is 40.9 Å². The van der Waals surface area contributed by atoms with Crippen molar-refractivity contribution in [2.75, 3.05) is 13.1 Å². The highest BCUT2D eigenvalue weighted by atomic mass is 79.9. The highest BCUT2D eigenvalue weighted by Gasteiger charge is 2.24. The van der Waals surface area contributed by atoms with Crippen LogP contribution in [0.1, 0.15) is 23.2 Å². The van der Waals surface area contributed by atoms with E-state index in [2.05, 4.69) is 15.9 Å². The number of hydrogen-bond acceptors (Lipinski definition) is 4. The summed E-state index contributed by atoms with van der Waals surface area (Å²) in [5.41, 5.74) is 0.175. The topological polar surface area (TPSA) is 83.7 Å². The van der Waals surface area contributed by atoms with Gasteiger partial charge in [-0.1, -0.05) is 0 Å². The highest BCUT2D eigenvalue weighted by Crippen LogP contribution is 2.26. The number of rotatable bonds is 2. The van der Waals surface area contributed by atoms with Crippen LogP contribution in [0.5, 0.6) is 0 Å². The molecule has 1 aliphatic heterocycles. The molecule has 0 bridgehead atoms. The third-order valence-corrected chi connectivity index (χ3v) is 3.81. The Kier molecular flexibility index (Phi) is 4.16. The Balaban J connectivity index is 2.20. The molecule has 7 heteroatoms. The van der Waals surface area contributed by atoms with Crippen LogP contribution in [0.3, 0.4) is 0 Å². The Bertz CT molecular complexity index is 512. The zero-order chi connectivity index (χ0) is 14.0. The lowest BCUT2D eigenvalue weighted by molar-refractivity contribution is -0.385. The van der Waals surface area contributed by atoms with Gasteiger partial charge in [-0.2, -0.15) is 0 Å². The average molecular weight is 329 g/mol. The Morgan fingerprint density at radius 2 is 2.05 bits per heavy atom. The van der Waals surface area contributed by atoms with Crippen LogP contribution < -0.4 is 0 Å². The third-order valence-electron chi connectivity index (χ3n) is 3.14. The molecule has 0 atom stereocenters. The Morgan fingerprint density at radius 1 is 1.42 bits per heavy atom. The number of nitro groups is 1. The molecule has 1 amide bonds. The standard InChI is InChI=1S/C12H13BrN2O4/c13-10-2-1-8(7-11(10)15(18)19)12(17)14-5-3-9(16)4-6-14/h1-2,7,9,16H,3-6H2. The summed E-state index contributed by atoms with van der Waals surface area (Å²) in [5.74, 6) is -0.234. The van der Waals surface area contributed by atoms with Crippen LogP contribution in [-0.4, -0.2) is 40.0 Å². The summed E-state index contributed by atoms with van der Waals surface area (Å²) in [7, 11) is 0. The number of nitro benzene ring substituents is 1. The van der Waals surface area contributed by atoms with Crippen molar-refractivity contribution in [1.29, 1.82) is 0 Å². The number of carbonyl (C=O) groups is 1. The molecule has 6 nitrogen and oxygen atoms in total. The fourth-order valence-corrected chi connectivity index (χ4v) is 2.43. The van der Waals surface area contributed by atoms with Crippen molar-refractivity contribution < 1.29 is 14.8 Å². The first kappa shape index (κ1) is 14.0. The van der Waals surface area contributed by atoms with E-state index in [0.717, 1.165) is 0 Å². The summed E-state index contributed by atoms with van der Waals surface area (Å²) < 4.78 is 0.350. The number of aliphatic hydroxyl groups is 1. The lowest BCUT2D eigenvalue weighted by Gasteiger charge is -2.29. The molecule has 0 spiro atoms. The predicted octanol–water partition coefficient (Wildman–Crippen LogP) is 1.95. The quantitative estimate of drug-likeness (QED) is 0.664. The first-order valence-electron chi connectivity index (χ1n) is 5.90. The van der Waals surface area contributed by atoms with Crippen molar-refractivity contribution in [3.63, 3.8) is 0 Å². The zero-order valence-corrected chi connectivity index (χ0v) is 11.7. The normalized spacial score (nSPS) is 16.4. The van der Waals surface area contributed by atoms with Crippen molar-refractivity contribution in [2.45, 2.75) is 18.9 Å². The van der Waals surface area contributed by atoms with Crippen molar-refractivity contribution >= 4 is 27.5 Å². The van der Waals surface area contributed by atoms with E-state index in [1.54, 1.807) is 11.0 Å². The molecule has 1 aromatic carbocycles. The number of likely N-dealkylation sites (tertiary alicyclic amines) is 1. The van der Waals surface area contributed by atoms with E-state index in [9.17, 15) is 20.0 Å². The molecule has 0 saturated carbocycles. The Labute approximate surface area is 118 Å². The van der Waals surface area contributed by atoms with Gasteiger partial charge >= 0.3 is 0 Å². The van der Waals surface area contributed by atoms with E-state index in [1.165, 1.54) is 12.1 Å². The minimum absolute atomic E-state index is 0.122. The average Bonchev–Trinajstić information content (AvgIpc) is 2.39. The summed E-state index contributed by atoms with van der Waals surface area (Å²) in [4.78, 5) is 24.1. The van der Waals surface area contributed by atoms with E-state index in [4.69, 9.17) is 0 Å². The van der Waals surface area contributed by atoms with Gasteiger partial charge in [0.1, 0.15) is 0 Å². The van der Waals surface area contributed by atoms with Crippen LogP contribution in [0.15, 0.2) is 22.7 Å². The van der Waals surface area contributed by atoms with Crippen LogP contribution >= 0.6 is 15.9 Å². The maximum atomic E-state index is 12.2. The molecule has 0 aliphatic carbocycles. The van der Waals surface area contributed by atoms with Crippen LogP contribution in [0, 0.1) is 10.1 Å². The minimum Gasteiger partial charge on any atom is -0.393 e. The van der Waals surface area contributed by atoms with E-state index >= 15 is 0 Å². The first-order chi connectivity index (χ1) is 8.99. The Hall–Kier alpha value is -1.47. The van der Waals surface area contributed by atoms with E-state index in [-0.39, 0.29) is 17.7 Å². The molecule has 2 rings (SSSR count). The number of piperidine rings is 1. The maximum Gasteiger partial charge on any atom is 0.284 e. The molecule has 1 saturated heterocycles. The van der Waals surface area contributed by atoms with Crippen LogP contribution in [0.4, 0.5) is 5.69 Å². The summed E-state index contributed by atoms with van der Waals surface area (Å²) in [6.07, 6.45) is 0.734. The fourth-order valence-electron chi connectivity index (χ4n) is 2.04. The number of aliphatic hydroxyl groups excluding tert-OH is 1. The molecular formula is C12H13BrN2O4. The number of nitrogens with zero attached hydrogens (tertiary/aromatic N) is 2. The number of benzene rings is 1.